The van der Waals surface area contributed by atoms with Crippen LogP contribution in [0.3, 0.4) is 0 Å². The number of nitrogens with zero attached hydrogens (tertiary/aromatic N) is 4. The molecule has 2 N–H and O–H groups in total. The maximum atomic E-state index is 4.74. The summed E-state index contributed by atoms with van der Waals surface area (Å²) in [4.78, 5) is 4.74. The van der Waals surface area contributed by atoms with Crippen molar-refractivity contribution in [2.45, 2.75) is 59.0 Å². The molecule has 26 heavy (non-hydrogen) atoms. The fraction of sp³-hybridized carbons (Fsp3) is 0.550. The van der Waals surface area contributed by atoms with Crippen LogP contribution in [0.15, 0.2) is 41.7 Å². The third kappa shape index (κ3) is 6.50. The summed E-state index contributed by atoms with van der Waals surface area (Å²) in [6.45, 7) is 8.92. The minimum Gasteiger partial charge on any atom is -0.355 e. The van der Waals surface area contributed by atoms with Crippen molar-refractivity contribution in [1.29, 1.82) is 0 Å². The third-order valence-corrected chi connectivity index (χ3v) is 4.34. The molecule has 0 spiro atoms. The monoisotopic (exact) mass is 356 g/mol. The molecule has 0 saturated carbocycles. The van der Waals surface area contributed by atoms with Gasteiger partial charge in [-0.05, 0) is 18.9 Å². The number of rotatable bonds is 10. The second kappa shape index (κ2) is 11.3. The van der Waals surface area contributed by atoms with Gasteiger partial charge in [-0.15, -0.1) is 10.2 Å². The SMILES string of the molecule is CCCCCN=C(NCCn1cnnc1CC)NC(C)c1ccccc1. The molecular weight excluding hydrogens is 324 g/mol. The Morgan fingerprint density at radius 2 is 2.00 bits per heavy atom. The Morgan fingerprint density at radius 1 is 1.19 bits per heavy atom. The van der Waals surface area contributed by atoms with Crippen LogP contribution in [0.1, 0.15) is 57.5 Å². The first-order valence-electron chi connectivity index (χ1n) is 9.71. The summed E-state index contributed by atoms with van der Waals surface area (Å²) >= 11 is 0. The van der Waals surface area contributed by atoms with E-state index in [9.17, 15) is 0 Å². The van der Waals surface area contributed by atoms with Gasteiger partial charge in [-0.25, -0.2) is 0 Å². The average molecular weight is 357 g/mol. The molecule has 0 radical (unpaired) electrons. The van der Waals surface area contributed by atoms with Crippen LogP contribution < -0.4 is 10.6 Å². The molecule has 142 valence electrons. The zero-order valence-corrected chi connectivity index (χ0v) is 16.3. The topological polar surface area (TPSA) is 67.1 Å². The smallest absolute Gasteiger partial charge is 0.191 e. The average Bonchev–Trinajstić information content (AvgIpc) is 3.13. The van der Waals surface area contributed by atoms with E-state index in [0.717, 1.165) is 44.3 Å². The van der Waals surface area contributed by atoms with E-state index in [4.69, 9.17) is 4.99 Å². The standard InChI is InChI=1S/C20H32N6/c1-4-6-10-13-21-20(24-17(3)18-11-8-7-9-12-18)22-14-15-26-16-23-25-19(26)5-2/h7-9,11-12,16-17H,4-6,10,13-15H2,1-3H3,(H2,21,22,24). The maximum absolute atomic E-state index is 4.74. The van der Waals surface area contributed by atoms with Gasteiger partial charge in [0.1, 0.15) is 12.2 Å². The van der Waals surface area contributed by atoms with Gasteiger partial charge < -0.3 is 15.2 Å². The summed E-state index contributed by atoms with van der Waals surface area (Å²) in [5, 5.41) is 15.1. The van der Waals surface area contributed by atoms with Crippen LogP contribution in [-0.4, -0.2) is 33.8 Å². The molecule has 0 saturated heterocycles. The quantitative estimate of drug-likeness (QED) is 0.389. The lowest BCUT2D eigenvalue weighted by molar-refractivity contribution is 0.617. The Bertz CT molecular complexity index is 649. The highest BCUT2D eigenvalue weighted by molar-refractivity contribution is 5.80. The van der Waals surface area contributed by atoms with Gasteiger partial charge in [0.2, 0.25) is 0 Å². The molecule has 1 unspecified atom stereocenters. The highest BCUT2D eigenvalue weighted by Crippen LogP contribution is 2.10. The molecule has 1 heterocycles. The molecule has 2 aromatic rings. The first kappa shape index (κ1) is 19.9. The zero-order chi connectivity index (χ0) is 18.6. The molecule has 1 aromatic carbocycles. The second-order valence-corrected chi connectivity index (χ2v) is 6.44. The Labute approximate surface area is 157 Å². The highest BCUT2D eigenvalue weighted by Gasteiger charge is 2.08. The summed E-state index contributed by atoms with van der Waals surface area (Å²) in [6.07, 6.45) is 6.22. The summed E-state index contributed by atoms with van der Waals surface area (Å²) in [7, 11) is 0. The van der Waals surface area contributed by atoms with E-state index < -0.39 is 0 Å². The van der Waals surface area contributed by atoms with Gasteiger partial charge >= 0.3 is 0 Å². The van der Waals surface area contributed by atoms with E-state index in [1.807, 2.05) is 6.07 Å². The van der Waals surface area contributed by atoms with Crippen LogP contribution in [-0.2, 0) is 13.0 Å². The van der Waals surface area contributed by atoms with Crippen LogP contribution in [0.2, 0.25) is 0 Å². The van der Waals surface area contributed by atoms with Gasteiger partial charge in [0.05, 0.1) is 6.04 Å². The number of unbranched alkanes of at least 4 members (excludes halogenated alkanes) is 2. The fourth-order valence-electron chi connectivity index (χ4n) is 2.77. The Kier molecular flexibility index (Phi) is 8.66. The molecule has 0 aliphatic rings. The summed E-state index contributed by atoms with van der Waals surface area (Å²) in [6, 6.07) is 10.6. The van der Waals surface area contributed by atoms with Crippen LogP contribution in [0.4, 0.5) is 0 Å². The number of aliphatic imine (C=N–C) groups is 1. The molecule has 1 atom stereocenters. The Morgan fingerprint density at radius 3 is 2.73 bits per heavy atom. The number of hydrogen-bond acceptors (Lipinski definition) is 3. The number of benzene rings is 1. The highest BCUT2D eigenvalue weighted by atomic mass is 15.3. The lowest BCUT2D eigenvalue weighted by Crippen LogP contribution is -2.40. The van der Waals surface area contributed by atoms with Crippen LogP contribution in [0, 0.1) is 0 Å². The molecule has 0 aliphatic carbocycles. The summed E-state index contributed by atoms with van der Waals surface area (Å²) in [5.41, 5.74) is 1.25. The molecule has 6 nitrogen and oxygen atoms in total. The van der Waals surface area contributed by atoms with Gasteiger partial charge in [0, 0.05) is 26.1 Å². The number of aromatic nitrogens is 3. The van der Waals surface area contributed by atoms with Gasteiger partial charge in [-0.1, -0.05) is 57.0 Å². The largest absolute Gasteiger partial charge is 0.355 e. The van der Waals surface area contributed by atoms with Gasteiger partial charge in [0.15, 0.2) is 5.96 Å². The molecule has 0 amide bonds. The van der Waals surface area contributed by atoms with Crippen molar-refractivity contribution >= 4 is 5.96 Å². The predicted octanol–water partition coefficient (Wildman–Crippen LogP) is 3.33. The Hall–Kier alpha value is -2.37. The molecule has 1 aromatic heterocycles. The normalized spacial score (nSPS) is 12.8. The van der Waals surface area contributed by atoms with Gasteiger partial charge in [-0.2, -0.15) is 0 Å². The van der Waals surface area contributed by atoms with Crippen molar-refractivity contribution < 1.29 is 0 Å². The van der Waals surface area contributed by atoms with Gasteiger partial charge in [-0.3, -0.25) is 4.99 Å². The summed E-state index contributed by atoms with van der Waals surface area (Å²) in [5.74, 6) is 1.88. The first-order chi connectivity index (χ1) is 12.7. The van der Waals surface area contributed by atoms with E-state index in [2.05, 4.69) is 70.4 Å². The van der Waals surface area contributed by atoms with Crippen molar-refractivity contribution in [2.75, 3.05) is 13.1 Å². The number of nitrogens with one attached hydrogen (secondary N) is 2. The van der Waals surface area contributed by atoms with E-state index in [1.165, 1.54) is 18.4 Å². The fourth-order valence-corrected chi connectivity index (χ4v) is 2.77. The first-order valence-corrected chi connectivity index (χ1v) is 9.71. The maximum Gasteiger partial charge on any atom is 0.191 e. The molecule has 6 heteroatoms. The molecular formula is C20H32N6. The molecule has 0 bridgehead atoms. The number of aryl methyl sites for hydroxylation is 1. The predicted molar refractivity (Wildman–Crippen MR) is 107 cm³/mol. The molecule has 0 fully saturated rings. The zero-order valence-electron chi connectivity index (χ0n) is 16.3. The third-order valence-electron chi connectivity index (χ3n) is 4.34. The minimum atomic E-state index is 0.203. The van der Waals surface area contributed by atoms with E-state index >= 15 is 0 Å². The van der Waals surface area contributed by atoms with Gasteiger partial charge in [0.25, 0.3) is 0 Å². The lowest BCUT2D eigenvalue weighted by atomic mass is 10.1. The van der Waals surface area contributed by atoms with Crippen LogP contribution in [0.25, 0.3) is 0 Å². The molecule has 0 aliphatic heterocycles. The van der Waals surface area contributed by atoms with Crippen LogP contribution >= 0.6 is 0 Å². The van der Waals surface area contributed by atoms with E-state index in [1.54, 1.807) is 6.33 Å². The van der Waals surface area contributed by atoms with Crippen molar-refractivity contribution in [2.24, 2.45) is 4.99 Å². The lowest BCUT2D eigenvalue weighted by Gasteiger charge is -2.19. The van der Waals surface area contributed by atoms with Crippen molar-refractivity contribution in [1.82, 2.24) is 25.4 Å². The van der Waals surface area contributed by atoms with Crippen molar-refractivity contribution in [3.63, 3.8) is 0 Å². The second-order valence-electron chi connectivity index (χ2n) is 6.44. The van der Waals surface area contributed by atoms with E-state index in [-0.39, 0.29) is 6.04 Å². The number of guanidine groups is 1. The van der Waals surface area contributed by atoms with Crippen LogP contribution in [0.5, 0.6) is 0 Å². The van der Waals surface area contributed by atoms with Crippen molar-refractivity contribution in [3.8, 4) is 0 Å². The summed E-state index contributed by atoms with van der Waals surface area (Å²) < 4.78 is 2.09. The molecule has 2 rings (SSSR count). The Balaban J connectivity index is 1.92. The van der Waals surface area contributed by atoms with E-state index in [0.29, 0.717) is 0 Å². The van der Waals surface area contributed by atoms with Crippen molar-refractivity contribution in [3.05, 3.63) is 48.0 Å². The minimum absolute atomic E-state index is 0.203. The number of hydrogen-bond donors (Lipinski definition) is 2.